The molecule has 1 saturated carbocycles. The third-order valence-electron chi connectivity index (χ3n) is 6.23. The fourth-order valence-corrected chi connectivity index (χ4v) is 5.97. The average Bonchev–Trinajstić information content (AvgIpc) is 3.28. The number of hydrogen-bond acceptors (Lipinski definition) is 5. The molecule has 1 fully saturated rings. The molecule has 0 saturated heterocycles. The molecule has 5 nitrogen and oxygen atoms in total. The van der Waals surface area contributed by atoms with Crippen LogP contribution in [0.25, 0.3) is 0 Å². The fraction of sp³-hybridized carbons (Fsp3) is 0.577. The number of amides is 1. The zero-order chi connectivity index (χ0) is 24.2. The molecule has 2 unspecified atom stereocenters. The molecule has 2 rings (SSSR count). The molecule has 0 bridgehead atoms. The Balaban J connectivity index is 1.82. The highest BCUT2D eigenvalue weighted by atomic mass is 79.9. The Morgan fingerprint density at radius 3 is 2.88 bits per heavy atom. The Morgan fingerprint density at radius 1 is 1.42 bits per heavy atom. The lowest BCUT2D eigenvalue weighted by molar-refractivity contribution is -0.121. The van der Waals surface area contributed by atoms with Gasteiger partial charge in [0, 0.05) is 27.2 Å². The Kier molecular flexibility index (Phi) is 12.6. The Hall–Kier alpha value is -1.25. The number of aryl methyl sites for hydroxylation is 2. The molecule has 4 N–H and O–H groups in total. The van der Waals surface area contributed by atoms with Crippen LogP contribution in [0.3, 0.4) is 0 Å². The molecule has 33 heavy (non-hydrogen) atoms. The number of carbonyl (C=O) groups excluding carboxylic acids is 1. The van der Waals surface area contributed by atoms with Gasteiger partial charge in [-0.15, -0.1) is 17.9 Å². The number of aliphatic hydroxyl groups is 3. The third kappa shape index (κ3) is 9.49. The van der Waals surface area contributed by atoms with Crippen LogP contribution in [-0.2, 0) is 11.2 Å². The Labute approximate surface area is 210 Å². The maximum Gasteiger partial charge on any atom is 0.220 e. The van der Waals surface area contributed by atoms with Crippen molar-refractivity contribution in [1.29, 1.82) is 0 Å². The first-order valence-electron chi connectivity index (χ1n) is 11.8. The Morgan fingerprint density at radius 2 is 2.21 bits per heavy atom. The van der Waals surface area contributed by atoms with E-state index in [1.54, 1.807) is 11.3 Å². The van der Waals surface area contributed by atoms with E-state index in [4.69, 9.17) is 5.11 Å². The summed E-state index contributed by atoms with van der Waals surface area (Å²) in [6.07, 6.45) is 14.1. The number of hydrogen-bond donors (Lipinski definition) is 4. The summed E-state index contributed by atoms with van der Waals surface area (Å²) in [4.78, 5) is 14.1. The second-order valence-electron chi connectivity index (χ2n) is 8.72. The standard InChI is InChI=1S/C26H38BrNO4S/c1-3-19-16-25(31)23(8-6-4-5-7-9-26(32)28-14-15-29)22(19)13-11-20(30)10-12-21-17-24(27)18(2)33-21/h3-4,6,11,13,17,19-20,22-23,25,29-31H,1,5,7-10,12,14-16H2,2H3,(H,28,32)/t19?,20-,22-,23+,25?/m0/s1. The number of thiophene rings is 1. The van der Waals surface area contributed by atoms with E-state index in [1.807, 2.05) is 12.2 Å². The van der Waals surface area contributed by atoms with Gasteiger partial charge in [-0.2, -0.15) is 0 Å². The van der Waals surface area contributed by atoms with E-state index in [9.17, 15) is 15.0 Å². The van der Waals surface area contributed by atoms with Crippen LogP contribution in [0.2, 0.25) is 0 Å². The summed E-state index contributed by atoms with van der Waals surface area (Å²) in [6.45, 7) is 6.29. The summed E-state index contributed by atoms with van der Waals surface area (Å²) in [6, 6.07) is 2.13. The van der Waals surface area contributed by atoms with Crippen LogP contribution >= 0.6 is 27.3 Å². The summed E-state index contributed by atoms with van der Waals surface area (Å²) in [5.74, 6) is 0.409. The number of nitrogens with one attached hydrogen (secondary N) is 1. The highest BCUT2D eigenvalue weighted by molar-refractivity contribution is 9.10. The van der Waals surface area contributed by atoms with Crippen molar-refractivity contribution < 1.29 is 20.1 Å². The van der Waals surface area contributed by atoms with Crippen LogP contribution in [0.15, 0.2) is 47.5 Å². The van der Waals surface area contributed by atoms with Gasteiger partial charge in [-0.3, -0.25) is 4.79 Å². The SMILES string of the molecule is C=CC1CC(O)[C@H](CC=CCCCC(=O)NCCO)[C@H]1C=C[C@@H](O)CCc1cc(Br)c(C)s1. The molecule has 1 aromatic heterocycles. The monoisotopic (exact) mass is 539 g/mol. The average molecular weight is 541 g/mol. The van der Waals surface area contributed by atoms with Crippen molar-refractivity contribution in [2.45, 2.75) is 64.1 Å². The normalized spacial score (nSPS) is 24.0. The van der Waals surface area contributed by atoms with Crippen molar-refractivity contribution >= 4 is 33.2 Å². The van der Waals surface area contributed by atoms with Crippen molar-refractivity contribution in [3.05, 3.63) is 57.3 Å². The van der Waals surface area contributed by atoms with E-state index < -0.39 is 6.10 Å². The van der Waals surface area contributed by atoms with E-state index in [-0.39, 0.29) is 36.4 Å². The van der Waals surface area contributed by atoms with E-state index in [2.05, 4.69) is 59.0 Å². The van der Waals surface area contributed by atoms with Crippen LogP contribution in [0, 0.1) is 24.7 Å². The van der Waals surface area contributed by atoms with Crippen molar-refractivity contribution in [2.24, 2.45) is 17.8 Å². The van der Waals surface area contributed by atoms with Crippen LogP contribution in [0.5, 0.6) is 0 Å². The zero-order valence-corrected chi connectivity index (χ0v) is 21.9. The number of halogens is 1. The maximum atomic E-state index is 11.6. The van der Waals surface area contributed by atoms with Crippen LogP contribution < -0.4 is 5.32 Å². The van der Waals surface area contributed by atoms with Gasteiger partial charge in [0.05, 0.1) is 18.8 Å². The summed E-state index contributed by atoms with van der Waals surface area (Å²) >= 11 is 5.30. The van der Waals surface area contributed by atoms with Gasteiger partial charge < -0.3 is 20.6 Å². The summed E-state index contributed by atoms with van der Waals surface area (Å²) < 4.78 is 1.13. The fourth-order valence-electron chi connectivity index (χ4n) is 4.36. The summed E-state index contributed by atoms with van der Waals surface area (Å²) in [7, 11) is 0. The second-order valence-corrected chi connectivity index (χ2v) is 10.9. The predicted octanol–water partition coefficient (Wildman–Crippen LogP) is 4.69. The van der Waals surface area contributed by atoms with Crippen LogP contribution in [0.4, 0.5) is 0 Å². The predicted molar refractivity (Wildman–Crippen MR) is 139 cm³/mol. The van der Waals surface area contributed by atoms with Crippen molar-refractivity contribution in [3.8, 4) is 0 Å². The highest BCUT2D eigenvalue weighted by Crippen LogP contribution is 2.41. The van der Waals surface area contributed by atoms with Crippen LogP contribution in [0.1, 0.15) is 48.3 Å². The number of unbranched alkanes of at least 4 members (excludes halogenated alkanes) is 1. The molecule has 7 heteroatoms. The lowest BCUT2D eigenvalue weighted by Crippen LogP contribution is -2.25. The zero-order valence-electron chi connectivity index (χ0n) is 19.5. The molecule has 0 radical (unpaired) electrons. The molecule has 5 atom stereocenters. The van der Waals surface area contributed by atoms with Gasteiger partial charge >= 0.3 is 0 Å². The van der Waals surface area contributed by atoms with Crippen molar-refractivity contribution in [3.63, 3.8) is 0 Å². The molecule has 0 aromatic carbocycles. The van der Waals surface area contributed by atoms with Crippen LogP contribution in [-0.4, -0.2) is 46.6 Å². The minimum absolute atomic E-state index is 0.0388. The molecule has 1 aliphatic rings. The number of aliphatic hydroxyl groups excluding tert-OH is 3. The van der Waals surface area contributed by atoms with Gasteiger partial charge in [0.2, 0.25) is 5.91 Å². The van der Waals surface area contributed by atoms with E-state index in [0.29, 0.717) is 25.8 Å². The topological polar surface area (TPSA) is 89.8 Å². The molecule has 1 amide bonds. The first kappa shape index (κ1) is 28.0. The molecule has 184 valence electrons. The number of carbonyl (C=O) groups is 1. The summed E-state index contributed by atoms with van der Waals surface area (Å²) in [5, 5.41) is 32.5. The number of rotatable bonds is 14. The first-order chi connectivity index (χ1) is 15.8. The quantitative estimate of drug-likeness (QED) is 0.204. The smallest absolute Gasteiger partial charge is 0.220 e. The van der Waals surface area contributed by atoms with E-state index >= 15 is 0 Å². The van der Waals surface area contributed by atoms with Gasteiger partial charge in [-0.05, 0) is 85.2 Å². The van der Waals surface area contributed by atoms with Crippen molar-refractivity contribution in [2.75, 3.05) is 13.2 Å². The second kappa shape index (κ2) is 14.9. The molecule has 1 heterocycles. The first-order valence-corrected chi connectivity index (χ1v) is 13.4. The third-order valence-corrected chi connectivity index (χ3v) is 8.43. The molecular formula is C26H38BrNO4S. The number of allylic oxidation sites excluding steroid dienone is 4. The largest absolute Gasteiger partial charge is 0.395 e. The van der Waals surface area contributed by atoms with Gasteiger partial charge in [0.25, 0.3) is 0 Å². The maximum absolute atomic E-state index is 11.6. The van der Waals surface area contributed by atoms with Crippen molar-refractivity contribution in [1.82, 2.24) is 5.32 Å². The molecule has 1 aliphatic carbocycles. The molecule has 0 spiro atoms. The minimum atomic E-state index is -0.512. The van der Waals surface area contributed by atoms with Gasteiger partial charge in [0.15, 0.2) is 0 Å². The lowest BCUT2D eigenvalue weighted by atomic mass is 9.86. The molecular weight excluding hydrogens is 502 g/mol. The van der Waals surface area contributed by atoms with E-state index in [0.717, 1.165) is 30.2 Å². The van der Waals surface area contributed by atoms with Gasteiger partial charge in [-0.1, -0.05) is 30.4 Å². The highest BCUT2D eigenvalue weighted by Gasteiger charge is 2.38. The van der Waals surface area contributed by atoms with E-state index in [1.165, 1.54) is 9.75 Å². The molecule has 0 aliphatic heterocycles. The Bertz CT molecular complexity index is 787. The van der Waals surface area contributed by atoms with Gasteiger partial charge in [0.1, 0.15) is 0 Å². The van der Waals surface area contributed by atoms with Gasteiger partial charge in [-0.25, -0.2) is 0 Å². The molecule has 1 aromatic rings. The minimum Gasteiger partial charge on any atom is -0.395 e. The summed E-state index contributed by atoms with van der Waals surface area (Å²) in [5.41, 5.74) is 0. The lowest BCUT2D eigenvalue weighted by Gasteiger charge is -2.20.